The summed E-state index contributed by atoms with van der Waals surface area (Å²) >= 11 is 0. The van der Waals surface area contributed by atoms with E-state index in [2.05, 4.69) is 17.1 Å². The second-order valence-corrected chi connectivity index (χ2v) is 5.50. The normalized spacial score (nSPS) is 15.7. The van der Waals surface area contributed by atoms with E-state index >= 15 is 0 Å². The van der Waals surface area contributed by atoms with E-state index in [9.17, 15) is 4.79 Å². The van der Waals surface area contributed by atoms with Crippen LogP contribution in [0.4, 0.5) is 0 Å². The van der Waals surface area contributed by atoms with Gasteiger partial charge in [0.05, 0.1) is 12.7 Å². The number of pyridine rings is 1. The molecule has 0 radical (unpaired) electrons. The first-order chi connectivity index (χ1) is 10.8. The predicted octanol–water partition coefficient (Wildman–Crippen LogP) is 2.90. The lowest BCUT2D eigenvalue weighted by Gasteiger charge is -2.31. The summed E-state index contributed by atoms with van der Waals surface area (Å²) in [6.45, 7) is 2.10. The third-order valence-corrected chi connectivity index (χ3v) is 3.94. The average molecular weight is 296 g/mol. The maximum atomic E-state index is 12.3. The highest BCUT2D eigenvalue weighted by molar-refractivity contribution is 5.92. The number of nitrogens with zero attached hydrogens (tertiary/aromatic N) is 2. The number of benzene rings is 1. The van der Waals surface area contributed by atoms with Crippen molar-refractivity contribution < 1.29 is 9.53 Å². The van der Waals surface area contributed by atoms with Gasteiger partial charge in [-0.1, -0.05) is 36.4 Å². The van der Waals surface area contributed by atoms with Crippen LogP contribution in [0.25, 0.3) is 0 Å². The number of carbonyl (C=O) groups is 1. The molecule has 1 aromatic carbocycles. The molecule has 0 atom stereocenters. The van der Waals surface area contributed by atoms with Gasteiger partial charge in [-0.05, 0) is 30.5 Å². The first-order valence-corrected chi connectivity index (χ1v) is 7.69. The maximum absolute atomic E-state index is 12.3. The molecule has 0 aliphatic carbocycles. The summed E-state index contributed by atoms with van der Waals surface area (Å²) in [5.74, 6) is 0.0158. The summed E-state index contributed by atoms with van der Waals surface area (Å²) < 4.78 is 5.95. The lowest BCUT2D eigenvalue weighted by atomic mass is 10.1. The Labute approximate surface area is 130 Å². The maximum Gasteiger partial charge on any atom is 0.272 e. The van der Waals surface area contributed by atoms with E-state index < -0.39 is 0 Å². The number of piperidine rings is 1. The molecule has 1 fully saturated rings. The molecule has 1 amide bonds. The first kappa shape index (κ1) is 14.7. The van der Waals surface area contributed by atoms with Crippen molar-refractivity contribution in [3.05, 3.63) is 66.0 Å². The number of hydrogen-bond donors (Lipinski definition) is 0. The van der Waals surface area contributed by atoms with Crippen molar-refractivity contribution in [2.45, 2.75) is 25.6 Å². The Bertz CT molecular complexity index is 593. The Morgan fingerprint density at radius 3 is 2.50 bits per heavy atom. The predicted molar refractivity (Wildman–Crippen MR) is 84.4 cm³/mol. The van der Waals surface area contributed by atoms with Crippen LogP contribution in [0.3, 0.4) is 0 Å². The van der Waals surface area contributed by atoms with E-state index in [-0.39, 0.29) is 12.0 Å². The van der Waals surface area contributed by atoms with Crippen LogP contribution in [0.2, 0.25) is 0 Å². The van der Waals surface area contributed by atoms with Gasteiger partial charge in [0.2, 0.25) is 0 Å². The fraction of sp³-hybridized carbons (Fsp3) is 0.333. The molecule has 4 nitrogen and oxygen atoms in total. The summed E-state index contributed by atoms with van der Waals surface area (Å²) in [6, 6.07) is 15.6. The number of rotatable bonds is 4. The molecule has 1 aliphatic heterocycles. The minimum absolute atomic E-state index is 0.0158. The summed E-state index contributed by atoms with van der Waals surface area (Å²) in [4.78, 5) is 18.3. The molecule has 1 saturated heterocycles. The number of ether oxygens (including phenoxy) is 1. The third-order valence-electron chi connectivity index (χ3n) is 3.94. The van der Waals surface area contributed by atoms with Crippen molar-refractivity contribution in [1.82, 2.24) is 9.88 Å². The molecule has 0 spiro atoms. The monoisotopic (exact) mass is 296 g/mol. The van der Waals surface area contributed by atoms with E-state index in [1.807, 2.05) is 35.2 Å². The van der Waals surface area contributed by atoms with Crippen LogP contribution in [-0.4, -0.2) is 35.0 Å². The zero-order valence-corrected chi connectivity index (χ0v) is 12.5. The van der Waals surface area contributed by atoms with Gasteiger partial charge < -0.3 is 9.64 Å². The van der Waals surface area contributed by atoms with Gasteiger partial charge in [0.25, 0.3) is 5.91 Å². The quantitative estimate of drug-likeness (QED) is 0.871. The average Bonchev–Trinajstić information content (AvgIpc) is 2.61. The highest BCUT2D eigenvalue weighted by Gasteiger charge is 2.24. The van der Waals surface area contributed by atoms with Crippen LogP contribution in [0.5, 0.6) is 0 Å². The third kappa shape index (κ3) is 3.71. The van der Waals surface area contributed by atoms with Crippen molar-refractivity contribution in [3.63, 3.8) is 0 Å². The lowest BCUT2D eigenvalue weighted by Crippen LogP contribution is -2.41. The number of likely N-dealkylation sites (tertiary alicyclic amines) is 1. The van der Waals surface area contributed by atoms with Gasteiger partial charge in [-0.25, -0.2) is 0 Å². The molecule has 0 unspecified atom stereocenters. The van der Waals surface area contributed by atoms with Crippen LogP contribution < -0.4 is 0 Å². The van der Waals surface area contributed by atoms with Gasteiger partial charge in [-0.15, -0.1) is 0 Å². The molecule has 2 aromatic rings. The van der Waals surface area contributed by atoms with E-state index in [1.165, 1.54) is 5.56 Å². The molecule has 0 N–H and O–H groups in total. The summed E-state index contributed by atoms with van der Waals surface area (Å²) in [7, 11) is 0. The highest BCUT2D eigenvalue weighted by atomic mass is 16.5. The molecule has 114 valence electrons. The number of aromatic nitrogens is 1. The highest BCUT2D eigenvalue weighted by Crippen LogP contribution is 2.17. The molecule has 0 saturated carbocycles. The van der Waals surface area contributed by atoms with Gasteiger partial charge in [0.15, 0.2) is 0 Å². The van der Waals surface area contributed by atoms with Crippen molar-refractivity contribution in [2.24, 2.45) is 0 Å². The Kier molecular flexibility index (Phi) is 4.81. The first-order valence-electron chi connectivity index (χ1n) is 7.69. The zero-order chi connectivity index (χ0) is 15.2. The van der Waals surface area contributed by atoms with Crippen molar-refractivity contribution in [1.29, 1.82) is 0 Å². The van der Waals surface area contributed by atoms with Gasteiger partial charge in [0, 0.05) is 19.3 Å². The standard InChI is InChI=1S/C18H20N2O2/c21-18(17-8-4-5-11-19-17)20-12-9-16(10-13-20)22-14-15-6-2-1-3-7-15/h1-8,11,16H,9-10,12-14H2. The van der Waals surface area contributed by atoms with Crippen molar-refractivity contribution in [2.75, 3.05) is 13.1 Å². The van der Waals surface area contributed by atoms with E-state index in [0.29, 0.717) is 12.3 Å². The van der Waals surface area contributed by atoms with E-state index in [1.54, 1.807) is 12.3 Å². The second kappa shape index (κ2) is 7.18. The van der Waals surface area contributed by atoms with Crippen molar-refractivity contribution >= 4 is 5.91 Å². The Morgan fingerprint density at radius 1 is 1.09 bits per heavy atom. The lowest BCUT2D eigenvalue weighted by molar-refractivity contribution is -0.000508. The second-order valence-electron chi connectivity index (χ2n) is 5.50. The Morgan fingerprint density at radius 2 is 1.82 bits per heavy atom. The molecule has 22 heavy (non-hydrogen) atoms. The molecule has 3 rings (SSSR count). The molecule has 1 aliphatic rings. The molecule has 1 aromatic heterocycles. The summed E-state index contributed by atoms with van der Waals surface area (Å²) in [5, 5.41) is 0. The van der Waals surface area contributed by atoms with Crippen LogP contribution in [0.15, 0.2) is 54.7 Å². The van der Waals surface area contributed by atoms with Crippen LogP contribution in [-0.2, 0) is 11.3 Å². The summed E-state index contributed by atoms with van der Waals surface area (Å²) in [5.41, 5.74) is 1.71. The van der Waals surface area contributed by atoms with Crippen LogP contribution >= 0.6 is 0 Å². The van der Waals surface area contributed by atoms with Gasteiger partial charge in [0.1, 0.15) is 5.69 Å². The molecule has 0 bridgehead atoms. The fourth-order valence-corrected chi connectivity index (χ4v) is 2.67. The molecular weight excluding hydrogens is 276 g/mol. The number of hydrogen-bond acceptors (Lipinski definition) is 3. The SMILES string of the molecule is O=C(c1ccccn1)N1CCC(OCc2ccccc2)CC1. The van der Waals surface area contributed by atoms with Crippen LogP contribution in [0, 0.1) is 0 Å². The fourth-order valence-electron chi connectivity index (χ4n) is 2.67. The van der Waals surface area contributed by atoms with Crippen molar-refractivity contribution in [3.8, 4) is 0 Å². The van der Waals surface area contributed by atoms with Gasteiger partial charge in [-0.3, -0.25) is 9.78 Å². The number of amides is 1. The molecular formula is C18H20N2O2. The minimum atomic E-state index is 0.0158. The van der Waals surface area contributed by atoms with Gasteiger partial charge in [-0.2, -0.15) is 0 Å². The molecule has 2 heterocycles. The topological polar surface area (TPSA) is 42.4 Å². The summed E-state index contributed by atoms with van der Waals surface area (Å²) in [6.07, 6.45) is 3.65. The minimum Gasteiger partial charge on any atom is -0.373 e. The smallest absolute Gasteiger partial charge is 0.272 e. The Hall–Kier alpha value is -2.20. The van der Waals surface area contributed by atoms with E-state index in [0.717, 1.165) is 25.9 Å². The van der Waals surface area contributed by atoms with Gasteiger partial charge >= 0.3 is 0 Å². The van der Waals surface area contributed by atoms with E-state index in [4.69, 9.17) is 4.74 Å². The molecule has 4 heteroatoms. The number of carbonyl (C=O) groups excluding carboxylic acids is 1. The van der Waals surface area contributed by atoms with Crippen LogP contribution in [0.1, 0.15) is 28.9 Å². The largest absolute Gasteiger partial charge is 0.373 e. The zero-order valence-electron chi connectivity index (χ0n) is 12.5. The Balaban J connectivity index is 1.47.